The zero-order valence-electron chi connectivity index (χ0n) is 12.8. The second-order valence-corrected chi connectivity index (χ2v) is 5.66. The second-order valence-electron chi connectivity index (χ2n) is 5.66. The Kier molecular flexibility index (Phi) is 5.36. The highest BCUT2D eigenvalue weighted by molar-refractivity contribution is 5.54. The van der Waals surface area contributed by atoms with Gasteiger partial charge in [-0.15, -0.1) is 0 Å². The fraction of sp³-hybridized carbons (Fsp3) is 0.667. The van der Waals surface area contributed by atoms with Gasteiger partial charge in [-0.25, -0.2) is 4.98 Å². The number of pyridine rings is 1. The van der Waals surface area contributed by atoms with Gasteiger partial charge in [0.1, 0.15) is 11.6 Å². The molecular weight excluding hydrogens is 268 g/mol. The van der Waals surface area contributed by atoms with Crippen LogP contribution in [0.2, 0.25) is 0 Å². The highest BCUT2D eigenvalue weighted by atomic mass is 16.6. The molecule has 1 aliphatic carbocycles. The smallest absolute Gasteiger partial charge is 0.276 e. The van der Waals surface area contributed by atoms with E-state index in [1.165, 1.54) is 44.2 Å². The SMILES string of the molecule is CCC(Nc1cc([N+](=O)[O-])cc(NC)n1)C1CCCCC1. The Morgan fingerprint density at radius 3 is 2.57 bits per heavy atom. The van der Waals surface area contributed by atoms with Gasteiger partial charge in [-0.2, -0.15) is 0 Å². The lowest BCUT2D eigenvalue weighted by Crippen LogP contribution is -2.30. The molecule has 1 aliphatic rings. The van der Waals surface area contributed by atoms with Gasteiger partial charge in [-0.3, -0.25) is 10.1 Å². The van der Waals surface area contributed by atoms with Crippen molar-refractivity contribution in [1.29, 1.82) is 0 Å². The fourth-order valence-corrected chi connectivity index (χ4v) is 3.10. The van der Waals surface area contributed by atoms with Crippen molar-refractivity contribution in [3.05, 3.63) is 22.2 Å². The van der Waals surface area contributed by atoms with Gasteiger partial charge in [-0.1, -0.05) is 26.2 Å². The Hall–Kier alpha value is -1.85. The van der Waals surface area contributed by atoms with Crippen molar-refractivity contribution in [2.75, 3.05) is 17.7 Å². The molecule has 0 radical (unpaired) electrons. The lowest BCUT2D eigenvalue weighted by molar-refractivity contribution is -0.384. The molecule has 0 spiro atoms. The Bertz CT molecular complexity index is 487. The number of nitrogens with zero attached hydrogens (tertiary/aromatic N) is 2. The maximum Gasteiger partial charge on any atom is 0.276 e. The van der Waals surface area contributed by atoms with Crippen LogP contribution < -0.4 is 10.6 Å². The average molecular weight is 292 g/mol. The summed E-state index contributed by atoms with van der Waals surface area (Å²) in [5, 5.41) is 17.3. The Morgan fingerprint density at radius 2 is 2.00 bits per heavy atom. The topological polar surface area (TPSA) is 80.1 Å². The van der Waals surface area contributed by atoms with Gasteiger partial charge in [0.2, 0.25) is 0 Å². The Balaban J connectivity index is 2.15. The van der Waals surface area contributed by atoms with Crippen molar-refractivity contribution in [2.45, 2.75) is 51.5 Å². The predicted molar refractivity (Wildman–Crippen MR) is 84.7 cm³/mol. The first-order valence-corrected chi connectivity index (χ1v) is 7.74. The molecule has 116 valence electrons. The molecule has 1 aromatic rings. The maximum absolute atomic E-state index is 11.0. The minimum atomic E-state index is -0.380. The van der Waals surface area contributed by atoms with E-state index in [4.69, 9.17) is 0 Å². The van der Waals surface area contributed by atoms with E-state index in [1.807, 2.05) is 0 Å². The summed E-state index contributed by atoms with van der Waals surface area (Å²) >= 11 is 0. The van der Waals surface area contributed by atoms with Crippen LogP contribution in [0.1, 0.15) is 45.4 Å². The molecule has 2 N–H and O–H groups in total. The predicted octanol–water partition coefficient (Wildman–Crippen LogP) is 3.80. The van der Waals surface area contributed by atoms with E-state index >= 15 is 0 Å². The number of hydrogen-bond acceptors (Lipinski definition) is 5. The van der Waals surface area contributed by atoms with Crippen molar-refractivity contribution in [2.24, 2.45) is 5.92 Å². The van der Waals surface area contributed by atoms with E-state index in [9.17, 15) is 10.1 Å². The van der Waals surface area contributed by atoms with Gasteiger partial charge in [-0.05, 0) is 25.2 Å². The molecule has 0 aromatic carbocycles. The zero-order chi connectivity index (χ0) is 15.2. The van der Waals surface area contributed by atoms with Crippen LogP contribution in [0.3, 0.4) is 0 Å². The maximum atomic E-state index is 11.0. The van der Waals surface area contributed by atoms with Crippen molar-refractivity contribution >= 4 is 17.3 Å². The molecule has 0 aliphatic heterocycles. The summed E-state index contributed by atoms with van der Waals surface area (Å²) in [7, 11) is 1.72. The van der Waals surface area contributed by atoms with Crippen LogP contribution in [0.4, 0.5) is 17.3 Å². The third kappa shape index (κ3) is 4.06. The Labute approximate surface area is 125 Å². The van der Waals surface area contributed by atoms with Crippen molar-refractivity contribution in [1.82, 2.24) is 4.98 Å². The van der Waals surface area contributed by atoms with Crippen LogP contribution in [-0.4, -0.2) is 23.0 Å². The third-order valence-corrected chi connectivity index (χ3v) is 4.27. The van der Waals surface area contributed by atoms with Crippen LogP contribution in [0, 0.1) is 16.0 Å². The van der Waals surface area contributed by atoms with Gasteiger partial charge >= 0.3 is 0 Å². The van der Waals surface area contributed by atoms with E-state index in [2.05, 4.69) is 22.5 Å². The molecule has 1 fully saturated rings. The second kappa shape index (κ2) is 7.24. The molecule has 0 saturated heterocycles. The fourth-order valence-electron chi connectivity index (χ4n) is 3.10. The van der Waals surface area contributed by atoms with Crippen LogP contribution in [0.25, 0.3) is 0 Å². The van der Waals surface area contributed by atoms with Crippen molar-refractivity contribution < 1.29 is 4.92 Å². The van der Waals surface area contributed by atoms with Gasteiger partial charge < -0.3 is 10.6 Å². The normalized spacial score (nSPS) is 17.2. The highest BCUT2D eigenvalue weighted by Gasteiger charge is 2.23. The number of nitro groups is 1. The Morgan fingerprint density at radius 1 is 1.33 bits per heavy atom. The number of nitrogens with one attached hydrogen (secondary N) is 2. The monoisotopic (exact) mass is 292 g/mol. The van der Waals surface area contributed by atoms with Crippen molar-refractivity contribution in [3.8, 4) is 0 Å². The summed E-state index contributed by atoms with van der Waals surface area (Å²) in [6, 6.07) is 3.31. The molecule has 21 heavy (non-hydrogen) atoms. The van der Waals surface area contributed by atoms with Crippen LogP contribution in [-0.2, 0) is 0 Å². The summed E-state index contributed by atoms with van der Waals surface area (Å²) in [5.74, 6) is 1.75. The summed E-state index contributed by atoms with van der Waals surface area (Å²) < 4.78 is 0. The molecule has 0 bridgehead atoms. The van der Waals surface area contributed by atoms with Gasteiger partial charge in [0.25, 0.3) is 5.69 Å². The highest BCUT2D eigenvalue weighted by Crippen LogP contribution is 2.30. The number of rotatable bonds is 6. The molecule has 1 saturated carbocycles. The first-order chi connectivity index (χ1) is 10.1. The average Bonchev–Trinajstić information content (AvgIpc) is 2.53. The standard InChI is InChI=1S/C15H24N4O2/c1-3-13(11-7-5-4-6-8-11)17-15-10-12(19(20)21)9-14(16-2)18-15/h9-11,13H,3-8H2,1-2H3,(H2,16,17,18). The molecule has 1 atom stereocenters. The molecule has 1 aromatic heterocycles. The van der Waals surface area contributed by atoms with Crippen LogP contribution in [0.15, 0.2) is 12.1 Å². The molecule has 6 heteroatoms. The van der Waals surface area contributed by atoms with Crippen LogP contribution in [0.5, 0.6) is 0 Å². The molecule has 1 heterocycles. The summed E-state index contributed by atoms with van der Waals surface area (Å²) in [6.45, 7) is 2.16. The quantitative estimate of drug-likeness (QED) is 0.615. The van der Waals surface area contributed by atoms with E-state index in [-0.39, 0.29) is 10.6 Å². The number of hydrogen-bond donors (Lipinski definition) is 2. The molecule has 0 amide bonds. The molecule has 1 unspecified atom stereocenters. The molecule has 2 rings (SSSR count). The number of aromatic nitrogens is 1. The first-order valence-electron chi connectivity index (χ1n) is 7.74. The van der Waals surface area contributed by atoms with E-state index in [1.54, 1.807) is 7.05 Å². The van der Waals surface area contributed by atoms with Gasteiger partial charge in [0, 0.05) is 13.1 Å². The third-order valence-electron chi connectivity index (χ3n) is 4.27. The van der Waals surface area contributed by atoms with E-state index in [0.29, 0.717) is 23.6 Å². The minimum absolute atomic E-state index is 0.0651. The lowest BCUT2D eigenvalue weighted by Gasteiger charge is -2.30. The largest absolute Gasteiger partial charge is 0.373 e. The van der Waals surface area contributed by atoms with E-state index in [0.717, 1.165) is 6.42 Å². The summed E-state index contributed by atoms with van der Waals surface area (Å²) in [6.07, 6.45) is 7.37. The summed E-state index contributed by atoms with van der Waals surface area (Å²) in [4.78, 5) is 15.0. The first kappa shape index (κ1) is 15.5. The minimum Gasteiger partial charge on any atom is -0.373 e. The van der Waals surface area contributed by atoms with Crippen LogP contribution >= 0.6 is 0 Å². The van der Waals surface area contributed by atoms with Gasteiger partial charge in [0.05, 0.1) is 17.1 Å². The zero-order valence-corrected chi connectivity index (χ0v) is 12.8. The molecule has 6 nitrogen and oxygen atoms in total. The lowest BCUT2D eigenvalue weighted by atomic mass is 9.83. The van der Waals surface area contributed by atoms with Crippen molar-refractivity contribution in [3.63, 3.8) is 0 Å². The summed E-state index contributed by atoms with van der Waals surface area (Å²) in [5.41, 5.74) is 0.0651. The van der Waals surface area contributed by atoms with E-state index < -0.39 is 0 Å². The molecular formula is C15H24N4O2. The van der Waals surface area contributed by atoms with Gasteiger partial charge in [0.15, 0.2) is 0 Å². The number of anilines is 2.